The Kier molecular flexibility index (Phi) is 8.46. The molecule has 0 bridgehead atoms. The van der Waals surface area contributed by atoms with E-state index in [-0.39, 0.29) is 9.79 Å². The maximum absolute atomic E-state index is 12.0. The van der Waals surface area contributed by atoms with Gasteiger partial charge < -0.3 is 20.4 Å². The van der Waals surface area contributed by atoms with Gasteiger partial charge in [-0.05, 0) is 24.3 Å². The molecule has 0 saturated carbocycles. The van der Waals surface area contributed by atoms with Crippen LogP contribution in [0.3, 0.4) is 0 Å². The summed E-state index contributed by atoms with van der Waals surface area (Å²) in [5, 5.41) is 39.6. The standard InChI is InChI=1S/C18H22O10S2/c19-15(11-27-29(23,24)13-7-3-1-4-8-13)17(21)18(22)16(20)12-28-30(25,26)14-9-5-2-6-10-14/h1-10,15-22H,11-12H2/t15-,16+,17-,18+. The largest absolute Gasteiger partial charge is 0.388 e. The topological polar surface area (TPSA) is 168 Å². The zero-order chi connectivity index (χ0) is 22.4. The van der Waals surface area contributed by atoms with E-state index in [9.17, 15) is 37.3 Å². The maximum atomic E-state index is 12.0. The van der Waals surface area contributed by atoms with Crippen molar-refractivity contribution in [3.05, 3.63) is 60.7 Å². The van der Waals surface area contributed by atoms with E-state index in [1.54, 1.807) is 12.1 Å². The molecule has 0 aliphatic heterocycles. The van der Waals surface area contributed by atoms with Crippen LogP contribution < -0.4 is 0 Å². The molecule has 166 valence electrons. The fraction of sp³-hybridized carbons (Fsp3) is 0.333. The molecular weight excluding hydrogens is 440 g/mol. The van der Waals surface area contributed by atoms with Crippen molar-refractivity contribution in [1.29, 1.82) is 0 Å². The molecule has 4 N–H and O–H groups in total. The van der Waals surface area contributed by atoms with Gasteiger partial charge in [0.05, 0.1) is 23.0 Å². The summed E-state index contributed by atoms with van der Waals surface area (Å²) >= 11 is 0. The summed E-state index contributed by atoms with van der Waals surface area (Å²) in [6.45, 7) is -1.82. The number of benzene rings is 2. The number of aliphatic hydroxyl groups excluding tert-OH is 4. The van der Waals surface area contributed by atoms with Crippen molar-refractivity contribution in [2.45, 2.75) is 34.2 Å². The second-order valence-corrected chi connectivity index (χ2v) is 9.45. The van der Waals surface area contributed by atoms with E-state index in [0.717, 1.165) is 0 Å². The predicted octanol–water partition coefficient (Wildman–Crippen LogP) is -0.759. The molecule has 2 aromatic carbocycles. The first-order chi connectivity index (χ1) is 14.0. The van der Waals surface area contributed by atoms with Crippen molar-refractivity contribution in [2.24, 2.45) is 0 Å². The Morgan fingerprint density at radius 2 is 0.900 bits per heavy atom. The molecule has 10 nitrogen and oxygen atoms in total. The number of hydrogen-bond donors (Lipinski definition) is 4. The van der Waals surface area contributed by atoms with Gasteiger partial charge >= 0.3 is 0 Å². The van der Waals surface area contributed by atoms with Crippen LogP contribution >= 0.6 is 0 Å². The molecule has 0 heterocycles. The first-order valence-corrected chi connectivity index (χ1v) is 11.5. The van der Waals surface area contributed by atoms with Crippen LogP contribution in [0.15, 0.2) is 70.5 Å². The van der Waals surface area contributed by atoms with E-state index in [2.05, 4.69) is 8.37 Å². The highest BCUT2D eigenvalue weighted by molar-refractivity contribution is 7.87. The van der Waals surface area contributed by atoms with Gasteiger partial charge in [0.1, 0.15) is 24.4 Å². The van der Waals surface area contributed by atoms with E-state index < -0.39 is 57.9 Å². The summed E-state index contributed by atoms with van der Waals surface area (Å²) in [5.74, 6) is 0. The Morgan fingerprint density at radius 3 is 1.20 bits per heavy atom. The third kappa shape index (κ3) is 6.55. The highest BCUT2D eigenvalue weighted by Crippen LogP contribution is 2.15. The fourth-order valence-corrected chi connectivity index (χ4v) is 4.17. The molecule has 30 heavy (non-hydrogen) atoms. The van der Waals surface area contributed by atoms with Gasteiger partial charge in [0.25, 0.3) is 20.2 Å². The molecule has 4 atom stereocenters. The first kappa shape index (κ1) is 24.4. The summed E-state index contributed by atoms with van der Waals surface area (Å²) in [5.41, 5.74) is 0. The van der Waals surface area contributed by atoms with Crippen LogP contribution in [-0.4, -0.2) is 74.9 Å². The Balaban J connectivity index is 1.90. The van der Waals surface area contributed by atoms with Crippen molar-refractivity contribution in [2.75, 3.05) is 13.2 Å². The van der Waals surface area contributed by atoms with Crippen LogP contribution in [0, 0.1) is 0 Å². The fourth-order valence-electron chi connectivity index (χ4n) is 2.28. The lowest BCUT2D eigenvalue weighted by atomic mass is 10.0. The van der Waals surface area contributed by atoms with Crippen LogP contribution in [0.1, 0.15) is 0 Å². The number of hydrogen-bond acceptors (Lipinski definition) is 10. The van der Waals surface area contributed by atoms with Crippen molar-refractivity contribution in [3.8, 4) is 0 Å². The van der Waals surface area contributed by atoms with Gasteiger partial charge in [0.15, 0.2) is 0 Å². The Hall–Kier alpha value is -1.90. The first-order valence-electron chi connectivity index (χ1n) is 8.66. The zero-order valence-corrected chi connectivity index (χ0v) is 17.2. The van der Waals surface area contributed by atoms with Crippen molar-refractivity contribution < 1.29 is 45.6 Å². The average Bonchev–Trinajstić information content (AvgIpc) is 2.76. The SMILES string of the molecule is O=S(=O)(OC[C@@H](O)[C@@H](O)[C@@H](O)[C@@H](O)COS(=O)(=O)c1ccccc1)c1ccccc1. The minimum absolute atomic E-state index is 0.174. The van der Waals surface area contributed by atoms with Crippen molar-refractivity contribution >= 4 is 20.2 Å². The average molecular weight is 462 g/mol. The number of rotatable bonds is 11. The Morgan fingerprint density at radius 1 is 0.600 bits per heavy atom. The van der Waals surface area contributed by atoms with Gasteiger partial charge in [-0.25, -0.2) is 0 Å². The molecule has 0 radical (unpaired) electrons. The Labute approximate surface area is 174 Å². The zero-order valence-electron chi connectivity index (χ0n) is 15.6. The van der Waals surface area contributed by atoms with Gasteiger partial charge in [-0.15, -0.1) is 0 Å². The van der Waals surface area contributed by atoms with Crippen LogP contribution in [0.4, 0.5) is 0 Å². The van der Waals surface area contributed by atoms with E-state index in [0.29, 0.717) is 0 Å². The lowest BCUT2D eigenvalue weighted by Crippen LogP contribution is -2.48. The van der Waals surface area contributed by atoms with E-state index in [4.69, 9.17) is 0 Å². The van der Waals surface area contributed by atoms with Gasteiger partial charge in [-0.2, -0.15) is 16.8 Å². The highest BCUT2D eigenvalue weighted by Gasteiger charge is 2.33. The summed E-state index contributed by atoms with van der Waals surface area (Å²) < 4.78 is 57.3. The summed E-state index contributed by atoms with van der Waals surface area (Å²) in [4.78, 5) is -0.349. The minimum atomic E-state index is -4.21. The van der Waals surface area contributed by atoms with Gasteiger partial charge in [-0.3, -0.25) is 8.37 Å². The quantitative estimate of drug-likeness (QED) is 0.312. The van der Waals surface area contributed by atoms with Gasteiger partial charge in [0.2, 0.25) is 0 Å². The molecule has 0 fully saturated rings. The molecule has 0 saturated heterocycles. The lowest BCUT2D eigenvalue weighted by Gasteiger charge is -2.26. The van der Waals surface area contributed by atoms with E-state index >= 15 is 0 Å². The molecule has 0 aromatic heterocycles. The lowest BCUT2D eigenvalue weighted by molar-refractivity contribution is -0.118. The summed E-state index contributed by atoms with van der Waals surface area (Å²) in [6.07, 6.45) is -7.90. The minimum Gasteiger partial charge on any atom is -0.388 e. The van der Waals surface area contributed by atoms with Crippen LogP contribution in [0.5, 0.6) is 0 Å². The molecule has 0 amide bonds. The smallest absolute Gasteiger partial charge is 0.297 e. The molecule has 12 heteroatoms. The molecule has 2 aromatic rings. The van der Waals surface area contributed by atoms with Gasteiger partial charge in [-0.1, -0.05) is 36.4 Å². The second-order valence-electron chi connectivity index (χ2n) is 6.22. The second kappa shape index (κ2) is 10.4. The molecule has 0 aliphatic carbocycles. The monoisotopic (exact) mass is 462 g/mol. The van der Waals surface area contributed by atoms with Crippen molar-refractivity contribution in [1.82, 2.24) is 0 Å². The number of aliphatic hydroxyl groups is 4. The highest BCUT2D eigenvalue weighted by atomic mass is 32.2. The summed E-state index contributed by atoms with van der Waals surface area (Å²) in [7, 11) is -8.43. The summed E-state index contributed by atoms with van der Waals surface area (Å²) in [6, 6.07) is 14.1. The maximum Gasteiger partial charge on any atom is 0.297 e. The molecule has 0 unspecified atom stereocenters. The van der Waals surface area contributed by atoms with Crippen LogP contribution in [0.25, 0.3) is 0 Å². The molecule has 0 spiro atoms. The van der Waals surface area contributed by atoms with Crippen LogP contribution in [-0.2, 0) is 28.6 Å². The third-order valence-electron chi connectivity index (χ3n) is 3.99. The molecule has 0 aliphatic rings. The predicted molar refractivity (Wildman–Crippen MR) is 103 cm³/mol. The van der Waals surface area contributed by atoms with Crippen LogP contribution in [0.2, 0.25) is 0 Å². The molecular formula is C18H22O10S2. The van der Waals surface area contributed by atoms with Crippen molar-refractivity contribution in [3.63, 3.8) is 0 Å². The van der Waals surface area contributed by atoms with E-state index in [1.165, 1.54) is 48.5 Å². The normalized spacial score (nSPS) is 16.5. The van der Waals surface area contributed by atoms with E-state index in [1.807, 2.05) is 0 Å². The Bertz CT molecular complexity index is 910. The third-order valence-corrected chi connectivity index (χ3v) is 6.58. The molecule has 2 rings (SSSR count). The van der Waals surface area contributed by atoms with Gasteiger partial charge in [0, 0.05) is 0 Å².